The predicted molar refractivity (Wildman–Crippen MR) is 63.5 cm³/mol. The fourth-order valence-corrected chi connectivity index (χ4v) is 1.82. The van der Waals surface area contributed by atoms with Crippen molar-refractivity contribution in [1.82, 2.24) is 10.3 Å². The first kappa shape index (κ1) is 11.5. The van der Waals surface area contributed by atoms with Crippen LogP contribution in [0.2, 0.25) is 0 Å². The molecule has 0 aliphatic carbocycles. The van der Waals surface area contributed by atoms with Gasteiger partial charge in [0.15, 0.2) is 0 Å². The lowest BCUT2D eigenvalue weighted by atomic mass is 10.3. The first-order chi connectivity index (χ1) is 6.79. The monoisotopic (exact) mass is 210 g/mol. The molecule has 0 atom stereocenters. The number of thioether (sulfide) groups is 1. The molecule has 0 saturated heterocycles. The summed E-state index contributed by atoms with van der Waals surface area (Å²) in [4.78, 5) is 4.24. The van der Waals surface area contributed by atoms with Crippen molar-refractivity contribution < 1.29 is 0 Å². The fraction of sp³-hybridized carbons (Fsp3) is 0.545. The molecule has 0 unspecified atom stereocenters. The highest BCUT2D eigenvalue weighted by Gasteiger charge is 1.94. The largest absolute Gasteiger partial charge is 0.310 e. The number of rotatable bonds is 6. The average molecular weight is 210 g/mol. The SMILES string of the molecule is CC(C)SCCNCc1ccccn1. The number of nitrogens with one attached hydrogen (secondary N) is 1. The van der Waals surface area contributed by atoms with Crippen LogP contribution in [0.4, 0.5) is 0 Å². The van der Waals surface area contributed by atoms with E-state index in [0.717, 1.165) is 24.0 Å². The number of aromatic nitrogens is 1. The standard InChI is InChI=1S/C11H18N2S/c1-10(2)14-8-7-12-9-11-5-3-4-6-13-11/h3-6,10,12H,7-9H2,1-2H3. The summed E-state index contributed by atoms with van der Waals surface area (Å²) in [6.45, 7) is 6.38. The molecule has 78 valence electrons. The minimum absolute atomic E-state index is 0.728. The van der Waals surface area contributed by atoms with E-state index in [1.807, 2.05) is 36.2 Å². The van der Waals surface area contributed by atoms with Gasteiger partial charge in [-0.3, -0.25) is 4.98 Å². The summed E-state index contributed by atoms with van der Waals surface area (Å²) >= 11 is 1.98. The first-order valence-electron chi connectivity index (χ1n) is 5.01. The Kier molecular flexibility index (Phi) is 5.64. The lowest BCUT2D eigenvalue weighted by Gasteiger charge is -2.05. The van der Waals surface area contributed by atoms with Crippen LogP contribution < -0.4 is 5.32 Å². The van der Waals surface area contributed by atoms with E-state index < -0.39 is 0 Å². The van der Waals surface area contributed by atoms with Gasteiger partial charge in [-0.25, -0.2) is 0 Å². The van der Waals surface area contributed by atoms with Crippen LogP contribution in [0.3, 0.4) is 0 Å². The molecule has 2 nitrogen and oxygen atoms in total. The van der Waals surface area contributed by atoms with Gasteiger partial charge in [0.25, 0.3) is 0 Å². The molecule has 0 bridgehead atoms. The Hall–Kier alpha value is -0.540. The highest BCUT2D eigenvalue weighted by Crippen LogP contribution is 2.06. The lowest BCUT2D eigenvalue weighted by Crippen LogP contribution is -2.17. The van der Waals surface area contributed by atoms with Gasteiger partial charge < -0.3 is 5.32 Å². The van der Waals surface area contributed by atoms with E-state index in [0.29, 0.717) is 0 Å². The summed E-state index contributed by atoms with van der Waals surface area (Å²) < 4.78 is 0. The van der Waals surface area contributed by atoms with Crippen LogP contribution in [0.5, 0.6) is 0 Å². The van der Waals surface area contributed by atoms with Gasteiger partial charge >= 0.3 is 0 Å². The van der Waals surface area contributed by atoms with Crippen LogP contribution in [0, 0.1) is 0 Å². The molecule has 1 aromatic rings. The topological polar surface area (TPSA) is 24.9 Å². The third-order valence-electron chi connectivity index (χ3n) is 1.76. The third kappa shape index (κ3) is 5.25. The van der Waals surface area contributed by atoms with Crippen molar-refractivity contribution in [2.24, 2.45) is 0 Å². The molecule has 0 aliphatic heterocycles. The molecule has 0 amide bonds. The van der Waals surface area contributed by atoms with Gasteiger partial charge in [-0.2, -0.15) is 11.8 Å². The summed E-state index contributed by atoms with van der Waals surface area (Å²) in [5, 5.41) is 4.10. The van der Waals surface area contributed by atoms with E-state index in [1.165, 1.54) is 5.75 Å². The maximum absolute atomic E-state index is 4.24. The molecule has 0 spiro atoms. The minimum Gasteiger partial charge on any atom is -0.310 e. The first-order valence-corrected chi connectivity index (χ1v) is 6.06. The van der Waals surface area contributed by atoms with Gasteiger partial charge in [-0.05, 0) is 17.4 Å². The van der Waals surface area contributed by atoms with Crippen LogP contribution in [0.25, 0.3) is 0 Å². The van der Waals surface area contributed by atoms with Gasteiger partial charge in [-0.15, -0.1) is 0 Å². The zero-order valence-corrected chi connectivity index (χ0v) is 9.68. The zero-order chi connectivity index (χ0) is 10.2. The quantitative estimate of drug-likeness (QED) is 0.729. The predicted octanol–water partition coefficient (Wildman–Crippen LogP) is 2.31. The fourth-order valence-electron chi connectivity index (χ4n) is 1.09. The van der Waals surface area contributed by atoms with E-state index in [4.69, 9.17) is 0 Å². The minimum atomic E-state index is 0.728. The third-order valence-corrected chi connectivity index (χ3v) is 2.87. The van der Waals surface area contributed by atoms with Gasteiger partial charge in [-0.1, -0.05) is 19.9 Å². The summed E-state index contributed by atoms with van der Waals surface area (Å²) in [5.41, 5.74) is 1.11. The molecule has 1 N–H and O–H groups in total. The van der Waals surface area contributed by atoms with E-state index in [9.17, 15) is 0 Å². The molecule has 3 heteroatoms. The van der Waals surface area contributed by atoms with E-state index >= 15 is 0 Å². The van der Waals surface area contributed by atoms with Crippen LogP contribution in [0.15, 0.2) is 24.4 Å². The molecule has 1 aromatic heterocycles. The molecule has 0 saturated carbocycles. The second kappa shape index (κ2) is 6.85. The van der Waals surface area contributed by atoms with Crippen LogP contribution >= 0.6 is 11.8 Å². The van der Waals surface area contributed by atoms with Crippen LogP contribution in [0.1, 0.15) is 19.5 Å². The van der Waals surface area contributed by atoms with Crippen LogP contribution in [-0.2, 0) is 6.54 Å². The maximum Gasteiger partial charge on any atom is 0.0541 e. The zero-order valence-electron chi connectivity index (χ0n) is 8.86. The van der Waals surface area contributed by atoms with Crippen molar-refractivity contribution >= 4 is 11.8 Å². The highest BCUT2D eigenvalue weighted by molar-refractivity contribution is 7.99. The number of pyridine rings is 1. The molecule has 0 radical (unpaired) electrons. The Balaban J connectivity index is 2.05. The maximum atomic E-state index is 4.24. The Morgan fingerprint density at radius 1 is 1.43 bits per heavy atom. The van der Waals surface area contributed by atoms with Crippen molar-refractivity contribution in [3.8, 4) is 0 Å². The second-order valence-electron chi connectivity index (χ2n) is 3.42. The lowest BCUT2D eigenvalue weighted by molar-refractivity contribution is 0.715. The van der Waals surface area contributed by atoms with Gasteiger partial charge in [0.05, 0.1) is 5.69 Å². The Morgan fingerprint density at radius 3 is 2.93 bits per heavy atom. The second-order valence-corrected chi connectivity index (χ2v) is 5.10. The number of hydrogen-bond acceptors (Lipinski definition) is 3. The summed E-state index contributed by atoms with van der Waals surface area (Å²) in [5.74, 6) is 1.17. The number of hydrogen-bond donors (Lipinski definition) is 1. The van der Waals surface area contributed by atoms with Crippen molar-refractivity contribution in [3.05, 3.63) is 30.1 Å². The average Bonchev–Trinajstić information content (AvgIpc) is 2.18. The summed E-state index contributed by atoms with van der Waals surface area (Å²) in [7, 11) is 0. The molecule has 1 rings (SSSR count). The van der Waals surface area contributed by atoms with Crippen molar-refractivity contribution in [3.63, 3.8) is 0 Å². The molecule has 0 aliphatic rings. The molecular weight excluding hydrogens is 192 g/mol. The van der Waals surface area contributed by atoms with E-state index in [1.54, 1.807) is 0 Å². The summed E-state index contributed by atoms with van der Waals surface area (Å²) in [6, 6.07) is 6.01. The van der Waals surface area contributed by atoms with Gasteiger partial charge in [0.1, 0.15) is 0 Å². The molecule has 0 fully saturated rings. The Labute approximate surface area is 90.5 Å². The van der Waals surface area contributed by atoms with Crippen molar-refractivity contribution in [2.45, 2.75) is 25.6 Å². The van der Waals surface area contributed by atoms with Crippen molar-refractivity contribution in [2.75, 3.05) is 12.3 Å². The molecule has 1 heterocycles. The van der Waals surface area contributed by atoms with E-state index in [2.05, 4.69) is 24.1 Å². The van der Waals surface area contributed by atoms with Crippen molar-refractivity contribution in [1.29, 1.82) is 0 Å². The van der Waals surface area contributed by atoms with Gasteiger partial charge in [0, 0.05) is 25.0 Å². The number of nitrogens with zero attached hydrogens (tertiary/aromatic N) is 1. The summed E-state index contributed by atoms with van der Waals surface area (Å²) in [6.07, 6.45) is 1.83. The normalized spacial score (nSPS) is 10.8. The Bertz CT molecular complexity index is 236. The van der Waals surface area contributed by atoms with Crippen LogP contribution in [-0.4, -0.2) is 22.5 Å². The van der Waals surface area contributed by atoms with Gasteiger partial charge in [0.2, 0.25) is 0 Å². The molecular formula is C11H18N2S. The smallest absolute Gasteiger partial charge is 0.0541 e. The highest BCUT2D eigenvalue weighted by atomic mass is 32.2. The molecule has 0 aromatic carbocycles. The Morgan fingerprint density at radius 2 is 2.29 bits per heavy atom. The molecule has 14 heavy (non-hydrogen) atoms. The van der Waals surface area contributed by atoms with E-state index in [-0.39, 0.29) is 0 Å².